The number of aryl methyl sites for hydroxylation is 1. The first-order valence-corrected chi connectivity index (χ1v) is 5.67. The molecule has 2 nitrogen and oxygen atoms in total. The summed E-state index contributed by atoms with van der Waals surface area (Å²) >= 11 is 6.87. The van der Waals surface area contributed by atoms with Crippen molar-refractivity contribution in [2.24, 2.45) is 0 Å². The maximum absolute atomic E-state index is 11.9. The van der Waals surface area contributed by atoms with E-state index >= 15 is 0 Å². The predicted octanol–water partition coefficient (Wildman–Crippen LogP) is 3.43. The lowest BCUT2D eigenvalue weighted by Crippen LogP contribution is -2.13. The number of hydrogen-bond donors (Lipinski definition) is 0. The molecule has 1 aromatic rings. The summed E-state index contributed by atoms with van der Waals surface area (Å²) in [5, 5.41) is 10.4. The third kappa shape index (κ3) is 2.98. The Labute approximate surface area is 98.2 Å². The van der Waals surface area contributed by atoms with Crippen LogP contribution < -0.4 is 0 Å². The molecule has 0 radical (unpaired) electrons. The number of nitrogens with zero attached hydrogens (tertiary/aromatic N) is 1. The quantitative estimate of drug-likeness (QED) is 0.599. The first kappa shape index (κ1) is 12.1. The molecule has 0 bridgehead atoms. The molecule has 4 heteroatoms. The number of nitriles is 1. The van der Waals surface area contributed by atoms with Gasteiger partial charge in [0.05, 0.1) is 10.3 Å². The number of Topliss-reactive ketones (excluding diaryl/α,β-unsaturated/α-hetero) is 1. The van der Waals surface area contributed by atoms with Crippen molar-refractivity contribution in [2.45, 2.75) is 19.1 Å². The summed E-state index contributed by atoms with van der Waals surface area (Å²) in [7, 11) is 0. The van der Waals surface area contributed by atoms with Gasteiger partial charge in [-0.3, -0.25) is 4.79 Å². The SMILES string of the molecule is Cc1ccc(Cl)c(C(=O)C(C)SC#N)c1. The van der Waals surface area contributed by atoms with E-state index in [2.05, 4.69) is 0 Å². The zero-order valence-corrected chi connectivity index (χ0v) is 10.0. The normalized spacial score (nSPS) is 11.9. The summed E-state index contributed by atoms with van der Waals surface area (Å²) < 4.78 is 0. The minimum absolute atomic E-state index is 0.102. The van der Waals surface area contributed by atoms with Crippen molar-refractivity contribution in [3.63, 3.8) is 0 Å². The molecular weight excluding hydrogens is 230 g/mol. The molecule has 0 saturated heterocycles. The Kier molecular flexibility index (Phi) is 4.19. The number of thiocyanates is 1. The third-order valence-corrected chi connectivity index (χ3v) is 2.99. The lowest BCUT2D eigenvalue weighted by atomic mass is 10.1. The molecule has 1 aromatic carbocycles. The fourth-order valence-electron chi connectivity index (χ4n) is 1.18. The van der Waals surface area contributed by atoms with Crippen molar-refractivity contribution in [1.82, 2.24) is 0 Å². The number of halogens is 1. The zero-order valence-electron chi connectivity index (χ0n) is 8.45. The Morgan fingerprint density at radius 3 is 2.87 bits per heavy atom. The maximum atomic E-state index is 11.9. The van der Waals surface area contributed by atoms with E-state index in [1.54, 1.807) is 19.1 Å². The Bertz CT molecular complexity index is 425. The van der Waals surface area contributed by atoms with Gasteiger partial charge < -0.3 is 0 Å². The molecule has 1 rings (SSSR count). The number of rotatable bonds is 3. The monoisotopic (exact) mass is 239 g/mol. The van der Waals surface area contributed by atoms with Gasteiger partial charge in [-0.05, 0) is 37.7 Å². The largest absolute Gasteiger partial charge is 0.293 e. The van der Waals surface area contributed by atoms with Gasteiger partial charge in [0.1, 0.15) is 5.40 Å². The Balaban J connectivity index is 3.01. The second kappa shape index (κ2) is 5.20. The molecule has 1 unspecified atom stereocenters. The van der Waals surface area contributed by atoms with Gasteiger partial charge in [0.15, 0.2) is 5.78 Å². The molecule has 0 aromatic heterocycles. The number of carbonyl (C=O) groups is 1. The molecule has 0 aliphatic heterocycles. The number of ketones is 1. The van der Waals surface area contributed by atoms with Crippen LogP contribution in [0.2, 0.25) is 5.02 Å². The van der Waals surface area contributed by atoms with Crippen molar-refractivity contribution in [3.8, 4) is 5.40 Å². The molecular formula is C11H10ClNOS. The van der Waals surface area contributed by atoms with Crippen molar-refractivity contribution in [3.05, 3.63) is 34.3 Å². The van der Waals surface area contributed by atoms with Crippen LogP contribution in [-0.2, 0) is 0 Å². The maximum Gasteiger partial charge on any atom is 0.178 e. The lowest BCUT2D eigenvalue weighted by Gasteiger charge is -2.08. The summed E-state index contributed by atoms with van der Waals surface area (Å²) in [5.41, 5.74) is 1.48. The fraction of sp³-hybridized carbons (Fsp3) is 0.273. The molecule has 0 spiro atoms. The van der Waals surface area contributed by atoms with Gasteiger partial charge in [-0.2, -0.15) is 5.26 Å². The van der Waals surface area contributed by atoms with Crippen LogP contribution in [0, 0.1) is 17.6 Å². The van der Waals surface area contributed by atoms with Gasteiger partial charge in [0, 0.05) is 5.56 Å². The van der Waals surface area contributed by atoms with Crippen LogP contribution in [0.25, 0.3) is 0 Å². The molecule has 0 amide bonds. The smallest absolute Gasteiger partial charge is 0.178 e. The van der Waals surface area contributed by atoms with Crippen LogP contribution in [0.5, 0.6) is 0 Å². The molecule has 0 saturated carbocycles. The number of hydrogen-bond acceptors (Lipinski definition) is 3. The molecule has 0 aliphatic carbocycles. The molecule has 0 heterocycles. The average molecular weight is 240 g/mol. The highest BCUT2D eigenvalue weighted by Gasteiger charge is 2.18. The van der Waals surface area contributed by atoms with Gasteiger partial charge in [-0.1, -0.05) is 23.2 Å². The minimum atomic E-state index is -0.380. The highest BCUT2D eigenvalue weighted by Crippen LogP contribution is 2.22. The number of carbonyl (C=O) groups excluding carboxylic acids is 1. The summed E-state index contributed by atoms with van der Waals surface area (Å²) in [6.07, 6.45) is 0. The summed E-state index contributed by atoms with van der Waals surface area (Å²) in [6, 6.07) is 5.30. The molecule has 0 N–H and O–H groups in total. The van der Waals surface area contributed by atoms with E-state index in [4.69, 9.17) is 16.9 Å². The van der Waals surface area contributed by atoms with Crippen molar-refractivity contribution in [2.75, 3.05) is 0 Å². The second-order valence-electron chi connectivity index (χ2n) is 3.20. The molecule has 15 heavy (non-hydrogen) atoms. The average Bonchev–Trinajstić information content (AvgIpc) is 2.21. The Morgan fingerprint density at radius 2 is 2.27 bits per heavy atom. The van der Waals surface area contributed by atoms with Crippen LogP contribution >= 0.6 is 23.4 Å². The van der Waals surface area contributed by atoms with Crippen LogP contribution in [0.4, 0.5) is 0 Å². The zero-order chi connectivity index (χ0) is 11.4. The summed E-state index contributed by atoms with van der Waals surface area (Å²) in [5.74, 6) is -0.102. The fourth-order valence-corrected chi connectivity index (χ4v) is 1.78. The standard InChI is InChI=1S/C11H10ClNOS/c1-7-3-4-10(12)9(5-7)11(14)8(2)15-6-13/h3-5,8H,1-2H3. The van der Waals surface area contributed by atoms with E-state index in [0.717, 1.165) is 17.3 Å². The van der Waals surface area contributed by atoms with Gasteiger partial charge in [-0.25, -0.2) is 0 Å². The lowest BCUT2D eigenvalue weighted by molar-refractivity contribution is 0.0994. The minimum Gasteiger partial charge on any atom is -0.293 e. The predicted molar refractivity (Wildman–Crippen MR) is 63.2 cm³/mol. The first-order valence-electron chi connectivity index (χ1n) is 4.41. The van der Waals surface area contributed by atoms with Crippen LogP contribution in [0.1, 0.15) is 22.8 Å². The first-order chi connectivity index (χ1) is 7.06. The van der Waals surface area contributed by atoms with Gasteiger partial charge in [-0.15, -0.1) is 0 Å². The second-order valence-corrected chi connectivity index (χ2v) is 4.73. The Hall–Kier alpha value is -0.980. The van der Waals surface area contributed by atoms with Gasteiger partial charge in [0.2, 0.25) is 0 Å². The third-order valence-electron chi connectivity index (χ3n) is 1.99. The Morgan fingerprint density at radius 1 is 1.60 bits per heavy atom. The van der Waals surface area contributed by atoms with Gasteiger partial charge in [0.25, 0.3) is 0 Å². The topological polar surface area (TPSA) is 40.9 Å². The van der Waals surface area contributed by atoms with E-state index < -0.39 is 0 Å². The number of benzene rings is 1. The van der Waals surface area contributed by atoms with Crippen LogP contribution in [-0.4, -0.2) is 11.0 Å². The number of thioether (sulfide) groups is 1. The molecule has 1 atom stereocenters. The van der Waals surface area contributed by atoms with Crippen molar-refractivity contribution in [1.29, 1.82) is 5.26 Å². The van der Waals surface area contributed by atoms with E-state index in [0.29, 0.717) is 10.6 Å². The van der Waals surface area contributed by atoms with E-state index in [1.165, 1.54) is 0 Å². The van der Waals surface area contributed by atoms with Crippen molar-refractivity contribution >= 4 is 29.1 Å². The van der Waals surface area contributed by atoms with E-state index in [9.17, 15) is 4.79 Å². The summed E-state index contributed by atoms with van der Waals surface area (Å²) in [4.78, 5) is 11.9. The highest BCUT2D eigenvalue weighted by atomic mass is 35.5. The molecule has 78 valence electrons. The van der Waals surface area contributed by atoms with E-state index in [1.807, 2.05) is 18.4 Å². The molecule has 0 aliphatic rings. The summed E-state index contributed by atoms with van der Waals surface area (Å²) in [6.45, 7) is 3.60. The van der Waals surface area contributed by atoms with Gasteiger partial charge >= 0.3 is 0 Å². The van der Waals surface area contributed by atoms with Crippen LogP contribution in [0.15, 0.2) is 18.2 Å². The van der Waals surface area contributed by atoms with E-state index in [-0.39, 0.29) is 11.0 Å². The van der Waals surface area contributed by atoms with Crippen LogP contribution in [0.3, 0.4) is 0 Å². The van der Waals surface area contributed by atoms with Crippen molar-refractivity contribution < 1.29 is 4.79 Å². The highest BCUT2D eigenvalue weighted by molar-refractivity contribution is 8.04. The molecule has 0 fully saturated rings.